The number of nitrogens with one attached hydrogen (secondary N) is 2. The summed E-state index contributed by atoms with van der Waals surface area (Å²) in [4.78, 5) is 15.6. The maximum atomic E-state index is 13.3. The van der Waals surface area contributed by atoms with E-state index in [0.29, 0.717) is 16.5 Å². The van der Waals surface area contributed by atoms with Crippen molar-refractivity contribution >= 4 is 28.4 Å². The lowest BCUT2D eigenvalue weighted by atomic mass is 9.82. The lowest BCUT2D eigenvalue weighted by Crippen LogP contribution is -2.47. The molecule has 1 heterocycles. The van der Waals surface area contributed by atoms with Gasteiger partial charge in [0.15, 0.2) is 0 Å². The Morgan fingerprint density at radius 2 is 2.04 bits per heavy atom. The van der Waals surface area contributed by atoms with Crippen LogP contribution in [0.1, 0.15) is 54.6 Å². The maximum Gasteiger partial charge on any atom is 0.252 e. The van der Waals surface area contributed by atoms with Gasteiger partial charge in [-0.3, -0.25) is 4.79 Å². The molecule has 5 nitrogen and oxygen atoms in total. The summed E-state index contributed by atoms with van der Waals surface area (Å²) in [5, 5.41) is 23.8. The van der Waals surface area contributed by atoms with Crippen molar-refractivity contribution in [3.8, 4) is 0 Å². The Labute approximate surface area is 154 Å². The van der Waals surface area contributed by atoms with Gasteiger partial charge in [0.25, 0.3) is 5.91 Å². The van der Waals surface area contributed by atoms with Crippen molar-refractivity contribution < 1.29 is 23.8 Å². The Bertz CT molecular complexity index is 825. The van der Waals surface area contributed by atoms with Crippen LogP contribution in [0.5, 0.6) is 0 Å². The highest BCUT2D eigenvalue weighted by atomic mass is 35.5. The van der Waals surface area contributed by atoms with Gasteiger partial charge in [-0.25, -0.2) is 8.78 Å². The first kappa shape index (κ1) is 19.1. The molecular formula is C18H21ClF2N2O3. The van der Waals surface area contributed by atoms with Crippen LogP contribution in [0.4, 0.5) is 8.78 Å². The Hall–Kier alpha value is -1.70. The van der Waals surface area contributed by atoms with Gasteiger partial charge in [-0.2, -0.15) is 0 Å². The summed E-state index contributed by atoms with van der Waals surface area (Å²) in [6.45, 7) is 1.45. The van der Waals surface area contributed by atoms with Gasteiger partial charge in [0.05, 0.1) is 27.8 Å². The van der Waals surface area contributed by atoms with E-state index >= 15 is 0 Å². The number of halogens is 3. The minimum Gasteiger partial charge on any atom is -0.389 e. The summed E-state index contributed by atoms with van der Waals surface area (Å²) in [7, 11) is 0. The Kier molecular flexibility index (Phi) is 4.98. The predicted molar refractivity (Wildman–Crippen MR) is 94.6 cm³/mol. The molecule has 3 rings (SSSR count). The van der Waals surface area contributed by atoms with E-state index < -0.39 is 36.4 Å². The van der Waals surface area contributed by atoms with Gasteiger partial charge in [-0.05, 0) is 31.9 Å². The largest absolute Gasteiger partial charge is 0.389 e. The van der Waals surface area contributed by atoms with Crippen LogP contribution in [0.25, 0.3) is 10.9 Å². The minimum atomic E-state index is -2.76. The monoisotopic (exact) mass is 386 g/mol. The molecule has 0 bridgehead atoms. The molecule has 1 fully saturated rings. The van der Waals surface area contributed by atoms with E-state index in [9.17, 15) is 23.8 Å². The van der Waals surface area contributed by atoms with Crippen LogP contribution in [-0.2, 0) is 0 Å². The first-order valence-electron chi connectivity index (χ1n) is 8.48. The van der Waals surface area contributed by atoms with Crippen LogP contribution < -0.4 is 5.32 Å². The van der Waals surface area contributed by atoms with Crippen LogP contribution in [0, 0.1) is 0 Å². The molecular weight excluding hydrogens is 366 g/mol. The normalized spacial score (nSPS) is 20.1. The number of amides is 1. The summed E-state index contributed by atoms with van der Waals surface area (Å²) in [5.41, 5.74) is -0.0144. The van der Waals surface area contributed by atoms with Crippen LogP contribution >= 0.6 is 11.6 Å². The molecule has 1 aromatic heterocycles. The molecule has 0 radical (unpaired) electrons. The molecule has 0 saturated heterocycles. The number of alkyl halides is 2. The Morgan fingerprint density at radius 3 is 2.65 bits per heavy atom. The molecule has 0 unspecified atom stereocenters. The summed E-state index contributed by atoms with van der Waals surface area (Å²) in [6.07, 6.45) is -0.115. The summed E-state index contributed by atoms with van der Waals surface area (Å²) >= 11 is 6.32. The number of aromatic nitrogens is 1. The first-order valence-corrected chi connectivity index (χ1v) is 8.86. The first-order chi connectivity index (χ1) is 12.1. The fourth-order valence-corrected chi connectivity index (χ4v) is 3.62. The number of hydrogen-bond donors (Lipinski definition) is 4. The zero-order valence-electron chi connectivity index (χ0n) is 14.3. The lowest BCUT2D eigenvalue weighted by Gasteiger charge is -2.35. The maximum absolute atomic E-state index is 13.3. The van der Waals surface area contributed by atoms with Crippen molar-refractivity contribution in [3.05, 3.63) is 34.5 Å². The van der Waals surface area contributed by atoms with Crippen molar-refractivity contribution in [2.75, 3.05) is 6.54 Å². The average molecular weight is 387 g/mol. The molecule has 1 atom stereocenters. The number of fused-ring (bicyclic) bond motifs is 1. The van der Waals surface area contributed by atoms with Crippen LogP contribution in [0.3, 0.4) is 0 Å². The second-order valence-corrected chi connectivity index (χ2v) is 7.41. The van der Waals surface area contributed by atoms with Gasteiger partial charge in [-0.1, -0.05) is 11.6 Å². The number of aliphatic hydroxyl groups is 2. The molecule has 4 N–H and O–H groups in total. The molecule has 0 aliphatic heterocycles. The fraction of sp³-hybridized carbons (Fsp3) is 0.500. The second kappa shape index (κ2) is 6.79. The average Bonchev–Trinajstić information content (AvgIpc) is 3.06. The molecule has 1 aliphatic rings. The Balaban J connectivity index is 1.79. The smallest absolute Gasteiger partial charge is 0.252 e. The number of hydrogen-bond acceptors (Lipinski definition) is 3. The Morgan fingerprint density at radius 1 is 1.38 bits per heavy atom. The number of aliphatic hydroxyl groups excluding tert-OH is 1. The summed E-state index contributed by atoms with van der Waals surface area (Å²) < 4.78 is 26.5. The van der Waals surface area contributed by atoms with Gasteiger partial charge in [0.1, 0.15) is 0 Å². The standard InChI is InChI=1S/C18H21ClF2N2O3/c1-10(24)12-8-13(14(19)11-2-7-22-15(11)12)16(25)23-9-17(26)3-5-18(20,21)6-4-17/h2,7-8,10,22,24,26H,3-6,9H2,1H3,(H,23,25)/t10-/m0/s1. The predicted octanol–water partition coefficient (Wildman–Crippen LogP) is 3.54. The molecule has 1 aliphatic carbocycles. The van der Waals surface area contributed by atoms with Gasteiger partial charge in [-0.15, -0.1) is 0 Å². The van der Waals surface area contributed by atoms with Crippen LogP contribution in [-0.4, -0.2) is 39.2 Å². The van der Waals surface area contributed by atoms with Gasteiger partial charge in [0.2, 0.25) is 5.92 Å². The summed E-state index contributed by atoms with van der Waals surface area (Å²) in [6, 6.07) is 3.21. The van der Waals surface area contributed by atoms with Crippen molar-refractivity contribution in [3.63, 3.8) is 0 Å². The number of carbonyl (C=O) groups is 1. The highest BCUT2D eigenvalue weighted by Crippen LogP contribution is 2.38. The van der Waals surface area contributed by atoms with Crippen molar-refractivity contribution in [2.24, 2.45) is 0 Å². The number of aromatic amines is 1. The molecule has 8 heteroatoms. The van der Waals surface area contributed by atoms with Gasteiger partial charge < -0.3 is 20.5 Å². The second-order valence-electron chi connectivity index (χ2n) is 7.03. The van der Waals surface area contributed by atoms with E-state index in [1.54, 1.807) is 19.2 Å². The SMILES string of the molecule is C[C@H](O)c1cc(C(=O)NCC2(O)CCC(F)(F)CC2)c(Cl)c2cc[nH]c12. The van der Waals surface area contributed by atoms with Gasteiger partial charge in [0, 0.05) is 36.5 Å². The topological polar surface area (TPSA) is 85.3 Å². The molecule has 1 amide bonds. The van der Waals surface area contributed by atoms with Gasteiger partial charge >= 0.3 is 0 Å². The van der Waals surface area contributed by atoms with Crippen molar-refractivity contribution in [1.29, 1.82) is 0 Å². The van der Waals surface area contributed by atoms with E-state index in [2.05, 4.69) is 10.3 Å². The van der Waals surface area contributed by atoms with E-state index in [0.717, 1.165) is 0 Å². The molecule has 0 spiro atoms. The lowest BCUT2D eigenvalue weighted by molar-refractivity contribution is -0.101. The number of benzene rings is 1. The van der Waals surface area contributed by atoms with Crippen LogP contribution in [0.2, 0.25) is 5.02 Å². The fourth-order valence-electron chi connectivity index (χ4n) is 3.32. The molecule has 142 valence electrons. The summed E-state index contributed by atoms with van der Waals surface area (Å²) in [5.74, 6) is -3.28. The zero-order chi connectivity index (χ0) is 19.1. The van der Waals surface area contributed by atoms with Crippen molar-refractivity contribution in [2.45, 2.75) is 50.2 Å². The molecule has 2 aromatic rings. The third kappa shape index (κ3) is 3.70. The molecule has 26 heavy (non-hydrogen) atoms. The third-order valence-electron chi connectivity index (χ3n) is 4.99. The number of H-pyrrole nitrogens is 1. The van der Waals surface area contributed by atoms with E-state index in [4.69, 9.17) is 11.6 Å². The molecule has 1 saturated carbocycles. The number of rotatable bonds is 4. The highest BCUT2D eigenvalue weighted by Gasteiger charge is 2.42. The van der Waals surface area contributed by atoms with E-state index in [-0.39, 0.29) is 30.0 Å². The minimum absolute atomic E-state index is 0.0796. The quantitative estimate of drug-likeness (QED) is 0.648. The number of carbonyl (C=O) groups excluding carboxylic acids is 1. The van der Waals surface area contributed by atoms with Crippen molar-refractivity contribution in [1.82, 2.24) is 10.3 Å². The van der Waals surface area contributed by atoms with E-state index in [1.807, 2.05) is 0 Å². The molecule has 1 aromatic carbocycles. The highest BCUT2D eigenvalue weighted by molar-refractivity contribution is 6.38. The third-order valence-corrected chi connectivity index (χ3v) is 5.40. The van der Waals surface area contributed by atoms with E-state index in [1.165, 1.54) is 6.07 Å². The van der Waals surface area contributed by atoms with Crippen LogP contribution in [0.15, 0.2) is 18.3 Å². The zero-order valence-corrected chi connectivity index (χ0v) is 15.0.